The fraction of sp³-hybridized carbons (Fsp3) is 0.538. The van der Waals surface area contributed by atoms with E-state index in [0.29, 0.717) is 17.8 Å². The highest BCUT2D eigenvalue weighted by atomic mass is 32.1. The van der Waals surface area contributed by atoms with E-state index in [0.717, 1.165) is 23.3 Å². The average Bonchev–Trinajstić information content (AvgIpc) is 2.68. The van der Waals surface area contributed by atoms with Gasteiger partial charge in [0.25, 0.3) is 5.91 Å². The lowest BCUT2D eigenvalue weighted by molar-refractivity contribution is -0.143. The lowest BCUT2D eigenvalue weighted by atomic mass is 10.0. The lowest BCUT2D eigenvalue weighted by Crippen LogP contribution is -2.47. The van der Waals surface area contributed by atoms with Crippen LogP contribution in [0.15, 0.2) is 6.07 Å². The molecular formula is C13H17NO3S. The first-order valence-electron chi connectivity index (χ1n) is 6.11. The van der Waals surface area contributed by atoms with E-state index in [-0.39, 0.29) is 5.91 Å². The molecule has 1 aromatic heterocycles. The van der Waals surface area contributed by atoms with Gasteiger partial charge in [-0.1, -0.05) is 0 Å². The Labute approximate surface area is 110 Å². The van der Waals surface area contributed by atoms with Gasteiger partial charge in [0.1, 0.15) is 6.04 Å². The number of carbonyl (C=O) groups excluding carboxylic acids is 1. The number of piperidine rings is 1. The molecule has 0 aliphatic carbocycles. The number of thiophene rings is 1. The topological polar surface area (TPSA) is 57.6 Å². The zero-order valence-electron chi connectivity index (χ0n) is 10.6. The molecule has 1 fully saturated rings. The molecule has 1 amide bonds. The van der Waals surface area contributed by atoms with Gasteiger partial charge >= 0.3 is 5.97 Å². The van der Waals surface area contributed by atoms with Crippen LogP contribution in [-0.2, 0) is 4.79 Å². The highest BCUT2D eigenvalue weighted by molar-refractivity contribution is 7.14. The van der Waals surface area contributed by atoms with Crippen LogP contribution in [0.4, 0.5) is 0 Å². The van der Waals surface area contributed by atoms with Crippen LogP contribution in [0, 0.1) is 13.8 Å². The summed E-state index contributed by atoms with van der Waals surface area (Å²) >= 11 is 1.45. The molecule has 1 aliphatic rings. The minimum Gasteiger partial charge on any atom is -0.480 e. The van der Waals surface area contributed by atoms with E-state index < -0.39 is 12.0 Å². The third-order valence-electron chi connectivity index (χ3n) is 3.43. The van der Waals surface area contributed by atoms with Crippen molar-refractivity contribution in [3.8, 4) is 0 Å². The molecule has 5 heteroatoms. The quantitative estimate of drug-likeness (QED) is 0.895. The van der Waals surface area contributed by atoms with Crippen molar-refractivity contribution in [3.63, 3.8) is 0 Å². The molecule has 98 valence electrons. The summed E-state index contributed by atoms with van der Waals surface area (Å²) in [6.45, 7) is 4.49. The number of carbonyl (C=O) groups is 2. The Morgan fingerprint density at radius 3 is 2.67 bits per heavy atom. The van der Waals surface area contributed by atoms with Gasteiger partial charge in [-0.15, -0.1) is 11.3 Å². The van der Waals surface area contributed by atoms with Gasteiger partial charge in [-0.2, -0.15) is 0 Å². The molecule has 0 unspecified atom stereocenters. The number of aryl methyl sites for hydroxylation is 2. The third-order valence-corrected chi connectivity index (χ3v) is 4.57. The number of carboxylic acids is 1. The molecule has 2 heterocycles. The Kier molecular flexibility index (Phi) is 3.71. The second-order valence-electron chi connectivity index (χ2n) is 4.70. The number of amides is 1. The number of aliphatic carboxylic acids is 1. The van der Waals surface area contributed by atoms with Crippen LogP contribution in [0.2, 0.25) is 0 Å². The van der Waals surface area contributed by atoms with Gasteiger partial charge < -0.3 is 10.0 Å². The number of rotatable bonds is 2. The van der Waals surface area contributed by atoms with E-state index >= 15 is 0 Å². The Balaban J connectivity index is 2.23. The van der Waals surface area contributed by atoms with Gasteiger partial charge in [0, 0.05) is 11.4 Å². The first-order chi connectivity index (χ1) is 8.50. The SMILES string of the molecule is Cc1cc(C(=O)N2CCCC[C@@H]2C(=O)O)sc1C. The van der Waals surface area contributed by atoms with Gasteiger partial charge in [0.2, 0.25) is 0 Å². The van der Waals surface area contributed by atoms with Crippen molar-refractivity contribution in [2.75, 3.05) is 6.54 Å². The largest absolute Gasteiger partial charge is 0.480 e. The Bertz CT molecular complexity index is 461. The van der Waals surface area contributed by atoms with E-state index in [2.05, 4.69) is 0 Å². The Morgan fingerprint density at radius 2 is 2.11 bits per heavy atom. The summed E-state index contributed by atoms with van der Waals surface area (Å²) in [4.78, 5) is 26.8. The normalized spacial score (nSPS) is 19.9. The third kappa shape index (κ3) is 2.41. The zero-order valence-corrected chi connectivity index (χ0v) is 11.4. The molecule has 1 atom stereocenters. The summed E-state index contributed by atoms with van der Waals surface area (Å²) in [6, 6.07) is 1.20. The lowest BCUT2D eigenvalue weighted by Gasteiger charge is -2.32. The summed E-state index contributed by atoms with van der Waals surface area (Å²) in [6.07, 6.45) is 2.33. The second kappa shape index (κ2) is 5.10. The molecular weight excluding hydrogens is 250 g/mol. The standard InChI is InChI=1S/C13H17NO3S/c1-8-7-11(18-9(8)2)12(15)14-6-4-3-5-10(14)13(16)17/h7,10H,3-6H2,1-2H3,(H,16,17)/t10-/m1/s1. The number of hydrogen-bond donors (Lipinski definition) is 1. The number of hydrogen-bond acceptors (Lipinski definition) is 3. The maximum atomic E-state index is 12.4. The van der Waals surface area contributed by atoms with Crippen LogP contribution in [0.1, 0.15) is 39.4 Å². The van der Waals surface area contributed by atoms with Crippen LogP contribution < -0.4 is 0 Å². The molecule has 1 saturated heterocycles. The van der Waals surface area contributed by atoms with Crippen molar-refractivity contribution in [1.29, 1.82) is 0 Å². The molecule has 0 spiro atoms. The predicted molar refractivity (Wildman–Crippen MR) is 70.1 cm³/mol. The van der Waals surface area contributed by atoms with Gasteiger partial charge in [-0.3, -0.25) is 4.79 Å². The number of likely N-dealkylation sites (tertiary alicyclic amines) is 1. The van der Waals surface area contributed by atoms with Gasteiger partial charge in [-0.05, 0) is 44.7 Å². The van der Waals surface area contributed by atoms with Crippen LogP contribution in [0.25, 0.3) is 0 Å². The van der Waals surface area contributed by atoms with Crippen molar-refractivity contribution in [2.45, 2.75) is 39.2 Å². The maximum absolute atomic E-state index is 12.4. The molecule has 0 saturated carbocycles. The highest BCUT2D eigenvalue weighted by Gasteiger charge is 2.33. The van der Waals surface area contributed by atoms with Crippen molar-refractivity contribution in [1.82, 2.24) is 4.90 Å². The maximum Gasteiger partial charge on any atom is 0.326 e. The van der Waals surface area contributed by atoms with E-state index in [1.165, 1.54) is 16.2 Å². The van der Waals surface area contributed by atoms with E-state index in [1.54, 1.807) is 0 Å². The number of nitrogens with zero attached hydrogens (tertiary/aromatic N) is 1. The monoisotopic (exact) mass is 267 g/mol. The minimum absolute atomic E-state index is 0.136. The van der Waals surface area contributed by atoms with E-state index in [1.807, 2.05) is 19.9 Å². The van der Waals surface area contributed by atoms with E-state index in [9.17, 15) is 14.7 Å². The van der Waals surface area contributed by atoms with Crippen LogP contribution in [-0.4, -0.2) is 34.5 Å². The molecule has 1 aliphatic heterocycles. The first-order valence-corrected chi connectivity index (χ1v) is 6.93. The highest BCUT2D eigenvalue weighted by Crippen LogP contribution is 2.25. The second-order valence-corrected chi connectivity index (χ2v) is 5.95. The first kappa shape index (κ1) is 13.1. The molecule has 18 heavy (non-hydrogen) atoms. The fourth-order valence-electron chi connectivity index (χ4n) is 2.25. The Hall–Kier alpha value is -1.36. The molecule has 0 radical (unpaired) electrons. The van der Waals surface area contributed by atoms with Crippen molar-refractivity contribution in [2.24, 2.45) is 0 Å². The summed E-state index contributed by atoms with van der Waals surface area (Å²) in [7, 11) is 0. The predicted octanol–water partition coefficient (Wildman–Crippen LogP) is 2.44. The summed E-state index contributed by atoms with van der Waals surface area (Å²) in [5.74, 6) is -1.03. The van der Waals surface area contributed by atoms with Crippen LogP contribution in [0.3, 0.4) is 0 Å². The minimum atomic E-state index is -0.895. The van der Waals surface area contributed by atoms with Gasteiger partial charge in [0.05, 0.1) is 4.88 Å². The summed E-state index contributed by atoms with van der Waals surface area (Å²) in [5.41, 5.74) is 1.09. The van der Waals surface area contributed by atoms with E-state index in [4.69, 9.17) is 0 Å². The summed E-state index contributed by atoms with van der Waals surface area (Å²) in [5, 5.41) is 9.17. The van der Waals surface area contributed by atoms with Crippen molar-refractivity contribution >= 4 is 23.2 Å². The average molecular weight is 267 g/mol. The van der Waals surface area contributed by atoms with Gasteiger partial charge in [0.15, 0.2) is 0 Å². The van der Waals surface area contributed by atoms with Crippen molar-refractivity contribution in [3.05, 3.63) is 21.4 Å². The molecule has 2 rings (SSSR count). The number of carboxylic acid groups (broad SMARTS) is 1. The Morgan fingerprint density at radius 1 is 1.39 bits per heavy atom. The van der Waals surface area contributed by atoms with Crippen LogP contribution >= 0.6 is 11.3 Å². The summed E-state index contributed by atoms with van der Waals surface area (Å²) < 4.78 is 0. The zero-order chi connectivity index (χ0) is 13.3. The fourth-order valence-corrected chi connectivity index (χ4v) is 3.24. The molecule has 4 nitrogen and oxygen atoms in total. The molecule has 0 bridgehead atoms. The molecule has 1 aromatic rings. The molecule has 0 aromatic carbocycles. The van der Waals surface area contributed by atoms with Crippen LogP contribution in [0.5, 0.6) is 0 Å². The van der Waals surface area contributed by atoms with Gasteiger partial charge in [-0.25, -0.2) is 4.79 Å². The molecule has 1 N–H and O–H groups in total. The van der Waals surface area contributed by atoms with Crippen molar-refractivity contribution < 1.29 is 14.7 Å². The smallest absolute Gasteiger partial charge is 0.326 e.